The van der Waals surface area contributed by atoms with E-state index < -0.39 is 16.4 Å². The Morgan fingerprint density at radius 1 is 1.53 bits per heavy atom. The summed E-state index contributed by atoms with van der Waals surface area (Å²) in [6.45, 7) is 0. The zero-order valence-electron chi connectivity index (χ0n) is 8.94. The monoisotopic (exact) mass is 275 g/mol. The van der Waals surface area contributed by atoms with Crippen LogP contribution in [0.4, 0.5) is 10.1 Å². The molecule has 17 heavy (non-hydrogen) atoms. The van der Waals surface area contributed by atoms with E-state index in [1.807, 2.05) is 0 Å². The molecule has 0 amide bonds. The number of hydrogen-bond acceptors (Lipinski definition) is 3. The molecule has 0 saturated carbocycles. The lowest BCUT2D eigenvalue weighted by atomic mass is 9.98. The Kier molecular flexibility index (Phi) is 3.89. The second-order valence-corrected chi connectivity index (χ2v) is 5.66. The normalized spacial score (nSPS) is 23.9. The van der Waals surface area contributed by atoms with Gasteiger partial charge in [0.15, 0.2) is 0 Å². The van der Waals surface area contributed by atoms with Crippen LogP contribution in [0, 0.1) is 21.8 Å². The molecule has 0 aromatic heterocycles. The molecule has 2 unspecified atom stereocenters. The first-order chi connectivity index (χ1) is 8.09. The van der Waals surface area contributed by atoms with Crippen LogP contribution in [-0.4, -0.2) is 21.8 Å². The molecule has 2 atom stereocenters. The quantitative estimate of drug-likeness (QED) is 0.483. The van der Waals surface area contributed by atoms with E-state index >= 15 is 0 Å². The Morgan fingerprint density at radius 3 is 2.88 bits per heavy atom. The van der Waals surface area contributed by atoms with Crippen molar-refractivity contribution < 1.29 is 9.31 Å². The molecule has 0 bridgehead atoms. The Morgan fingerprint density at radius 2 is 2.29 bits per heavy atom. The Bertz CT molecular complexity index is 443. The molecule has 1 aliphatic heterocycles. The minimum atomic E-state index is -0.724. The van der Waals surface area contributed by atoms with Gasteiger partial charge in [-0.25, -0.2) is 0 Å². The SMILES string of the molecule is O=[N+]([O-])c1cccc(CC2CSCC2Cl)c1F. The van der Waals surface area contributed by atoms with Crippen LogP contribution in [0.25, 0.3) is 0 Å². The molecule has 1 aromatic carbocycles. The van der Waals surface area contributed by atoms with Gasteiger partial charge in [-0.1, -0.05) is 12.1 Å². The van der Waals surface area contributed by atoms with E-state index in [0.29, 0.717) is 12.0 Å². The van der Waals surface area contributed by atoms with E-state index in [0.717, 1.165) is 11.5 Å². The smallest absolute Gasteiger partial charge is 0.258 e. The summed E-state index contributed by atoms with van der Waals surface area (Å²) >= 11 is 7.84. The Labute approximate surface area is 107 Å². The lowest BCUT2D eigenvalue weighted by Crippen LogP contribution is -2.15. The van der Waals surface area contributed by atoms with Gasteiger partial charge in [0.2, 0.25) is 5.82 Å². The van der Waals surface area contributed by atoms with E-state index in [1.165, 1.54) is 12.1 Å². The van der Waals surface area contributed by atoms with E-state index in [9.17, 15) is 14.5 Å². The van der Waals surface area contributed by atoms with Crippen LogP contribution in [0.5, 0.6) is 0 Å². The molecule has 3 nitrogen and oxygen atoms in total. The minimum Gasteiger partial charge on any atom is -0.258 e. The second-order valence-electron chi connectivity index (χ2n) is 4.03. The third-order valence-corrected chi connectivity index (χ3v) is 4.81. The highest BCUT2D eigenvalue weighted by atomic mass is 35.5. The molecular formula is C11H11ClFNO2S. The summed E-state index contributed by atoms with van der Waals surface area (Å²) < 4.78 is 13.8. The highest BCUT2D eigenvalue weighted by molar-refractivity contribution is 7.99. The molecule has 2 rings (SSSR count). The number of thioether (sulfide) groups is 1. The fourth-order valence-corrected chi connectivity index (χ4v) is 3.74. The van der Waals surface area contributed by atoms with Crippen molar-refractivity contribution in [2.45, 2.75) is 11.8 Å². The van der Waals surface area contributed by atoms with Gasteiger partial charge in [-0.15, -0.1) is 11.6 Å². The number of hydrogen-bond donors (Lipinski definition) is 0. The topological polar surface area (TPSA) is 43.1 Å². The fraction of sp³-hybridized carbons (Fsp3) is 0.455. The predicted molar refractivity (Wildman–Crippen MR) is 67.2 cm³/mol. The Hall–Kier alpha value is -0.810. The van der Waals surface area contributed by atoms with Gasteiger partial charge < -0.3 is 0 Å². The zero-order chi connectivity index (χ0) is 12.4. The molecule has 0 N–H and O–H groups in total. The van der Waals surface area contributed by atoms with Gasteiger partial charge in [0.05, 0.1) is 4.92 Å². The maximum Gasteiger partial charge on any atom is 0.305 e. The maximum atomic E-state index is 13.8. The molecule has 1 aromatic rings. The van der Waals surface area contributed by atoms with E-state index in [-0.39, 0.29) is 11.3 Å². The summed E-state index contributed by atoms with van der Waals surface area (Å²) in [5, 5.41) is 10.6. The number of alkyl halides is 1. The van der Waals surface area contributed by atoms with Gasteiger partial charge in [-0.05, 0) is 23.7 Å². The highest BCUT2D eigenvalue weighted by Gasteiger charge is 2.28. The molecule has 1 aliphatic rings. The standard InChI is InChI=1S/C11H11ClFNO2S/c12-9-6-17-5-8(9)4-7-2-1-3-10(11(7)13)14(15)16/h1-3,8-9H,4-6H2. The molecular weight excluding hydrogens is 265 g/mol. The van der Waals surface area contributed by atoms with Crippen molar-refractivity contribution in [1.82, 2.24) is 0 Å². The van der Waals surface area contributed by atoms with Crippen molar-refractivity contribution in [3.05, 3.63) is 39.7 Å². The molecule has 1 fully saturated rings. The van der Waals surface area contributed by atoms with Crippen molar-refractivity contribution in [1.29, 1.82) is 0 Å². The lowest BCUT2D eigenvalue weighted by molar-refractivity contribution is -0.387. The molecule has 6 heteroatoms. The van der Waals surface area contributed by atoms with Crippen LogP contribution < -0.4 is 0 Å². The first kappa shape index (κ1) is 12.6. The molecule has 1 saturated heterocycles. The van der Waals surface area contributed by atoms with E-state index in [4.69, 9.17) is 11.6 Å². The summed E-state index contributed by atoms with van der Waals surface area (Å²) in [7, 11) is 0. The van der Waals surface area contributed by atoms with E-state index in [1.54, 1.807) is 17.8 Å². The summed E-state index contributed by atoms with van der Waals surface area (Å²) in [5.74, 6) is 1.22. The zero-order valence-corrected chi connectivity index (χ0v) is 10.5. The van der Waals surface area contributed by atoms with Crippen LogP contribution in [0.3, 0.4) is 0 Å². The maximum absolute atomic E-state index is 13.8. The van der Waals surface area contributed by atoms with Crippen LogP contribution in [0.15, 0.2) is 18.2 Å². The minimum absolute atomic E-state index is 0.0265. The van der Waals surface area contributed by atoms with Crippen LogP contribution >= 0.6 is 23.4 Å². The van der Waals surface area contributed by atoms with Crippen molar-refractivity contribution >= 4 is 29.1 Å². The number of halogens is 2. The van der Waals surface area contributed by atoms with Gasteiger partial charge in [0, 0.05) is 17.2 Å². The van der Waals surface area contributed by atoms with Gasteiger partial charge in [0.1, 0.15) is 0 Å². The first-order valence-electron chi connectivity index (χ1n) is 5.23. The lowest BCUT2D eigenvalue weighted by Gasteiger charge is -2.12. The summed E-state index contributed by atoms with van der Waals surface area (Å²) in [6.07, 6.45) is 0.467. The van der Waals surface area contributed by atoms with Gasteiger partial charge in [-0.2, -0.15) is 16.2 Å². The number of nitro groups is 1. The number of rotatable bonds is 3. The van der Waals surface area contributed by atoms with Gasteiger partial charge in [-0.3, -0.25) is 10.1 Å². The summed E-state index contributed by atoms with van der Waals surface area (Å²) in [6, 6.07) is 4.29. The average molecular weight is 276 g/mol. The van der Waals surface area contributed by atoms with E-state index in [2.05, 4.69) is 0 Å². The second kappa shape index (κ2) is 5.23. The predicted octanol–water partition coefficient (Wildman–Crippen LogP) is 3.25. The average Bonchev–Trinajstić information content (AvgIpc) is 2.67. The highest BCUT2D eigenvalue weighted by Crippen LogP contribution is 2.32. The van der Waals surface area contributed by atoms with Crippen LogP contribution in [0.2, 0.25) is 0 Å². The van der Waals surface area contributed by atoms with Gasteiger partial charge in [0.25, 0.3) is 0 Å². The van der Waals surface area contributed by atoms with Crippen LogP contribution in [0.1, 0.15) is 5.56 Å². The summed E-state index contributed by atoms with van der Waals surface area (Å²) in [5.41, 5.74) is -0.0726. The molecule has 92 valence electrons. The van der Waals surface area contributed by atoms with Crippen molar-refractivity contribution in [3.63, 3.8) is 0 Å². The third-order valence-electron chi connectivity index (χ3n) is 2.86. The van der Waals surface area contributed by atoms with Crippen molar-refractivity contribution in [2.24, 2.45) is 5.92 Å². The molecule has 0 aliphatic carbocycles. The largest absolute Gasteiger partial charge is 0.305 e. The number of benzene rings is 1. The molecule has 0 radical (unpaired) electrons. The summed E-state index contributed by atoms with van der Waals surface area (Å²) in [4.78, 5) is 9.92. The first-order valence-corrected chi connectivity index (χ1v) is 6.82. The third kappa shape index (κ3) is 2.72. The van der Waals surface area contributed by atoms with Crippen molar-refractivity contribution in [2.75, 3.05) is 11.5 Å². The number of nitrogens with zero attached hydrogens (tertiary/aromatic N) is 1. The van der Waals surface area contributed by atoms with Crippen molar-refractivity contribution in [3.8, 4) is 0 Å². The Balaban J connectivity index is 2.21. The van der Waals surface area contributed by atoms with Gasteiger partial charge >= 0.3 is 5.69 Å². The molecule has 1 heterocycles. The molecule has 0 spiro atoms. The number of nitro benzene ring substituents is 1. The fourth-order valence-electron chi connectivity index (χ4n) is 1.91. The van der Waals surface area contributed by atoms with Crippen LogP contribution in [-0.2, 0) is 6.42 Å².